The third-order valence-corrected chi connectivity index (χ3v) is 10.4. The second-order valence-corrected chi connectivity index (χ2v) is 15.7. The molecule has 0 aromatic heterocycles. The summed E-state index contributed by atoms with van der Waals surface area (Å²) in [7, 11) is 0. The molecule has 1 aliphatic heterocycles. The van der Waals surface area contributed by atoms with Crippen LogP contribution in [0.5, 0.6) is 0 Å². The minimum Gasteiger partial charge on any atom is -0.481 e. The van der Waals surface area contributed by atoms with Crippen LogP contribution in [0.15, 0.2) is 30.3 Å². The molecular formula is C40H59N7O11. The van der Waals surface area contributed by atoms with Gasteiger partial charge < -0.3 is 47.4 Å². The Morgan fingerprint density at radius 2 is 1.34 bits per heavy atom. The number of hydrogen-bond acceptors (Lipinski definition) is 9. The van der Waals surface area contributed by atoms with Gasteiger partial charge in [0.1, 0.15) is 36.3 Å². The fourth-order valence-corrected chi connectivity index (χ4v) is 7.50. The normalized spacial score (nSPS) is 18.1. The van der Waals surface area contributed by atoms with Crippen LogP contribution in [0.3, 0.4) is 0 Å². The molecule has 1 aromatic rings. The number of aliphatic carboxylic acids is 2. The standard InChI is InChI=1S/C40H59N7O11/c1-23(2)19-30(39(56)47-18-10-15-32(47)38(55)46-31(40(57)58)21-26-13-8-5-9-14-26)45-37(54)29(22-34(50)51)44-36(53)28(20-25-11-6-4-7-12-25)43-35(52)27(42-24(3)48)16-17-33(41)49/h5,8-9,13-14,23,25,27-32H,4,6-7,10-12,15-22H2,1-3H3,(H2,41,49)(H,42,48)(H,43,52)(H,44,53)(H,45,54)(H,46,55)(H,50,51)(H,57,58)/t27-,28-,29-,30-,31-,32-/m0/s1. The molecule has 2 aliphatic rings. The Kier molecular flexibility index (Phi) is 18.6. The van der Waals surface area contributed by atoms with Crippen molar-refractivity contribution in [3.8, 4) is 0 Å². The number of carboxylic acids is 2. The largest absolute Gasteiger partial charge is 0.481 e. The van der Waals surface area contributed by atoms with Crippen LogP contribution in [0, 0.1) is 11.8 Å². The first-order valence-corrected chi connectivity index (χ1v) is 20.0. The molecule has 58 heavy (non-hydrogen) atoms. The summed E-state index contributed by atoms with van der Waals surface area (Å²) in [6, 6.07) is 1.06. The van der Waals surface area contributed by atoms with Crippen molar-refractivity contribution in [2.45, 2.75) is 140 Å². The Morgan fingerprint density at radius 3 is 1.93 bits per heavy atom. The fraction of sp³-hybridized carbons (Fsp3) is 0.625. The van der Waals surface area contributed by atoms with Gasteiger partial charge in [0, 0.05) is 26.3 Å². The van der Waals surface area contributed by atoms with E-state index < -0.39 is 96.0 Å². The van der Waals surface area contributed by atoms with E-state index >= 15 is 0 Å². The van der Waals surface area contributed by atoms with Gasteiger partial charge in [-0.15, -0.1) is 0 Å². The van der Waals surface area contributed by atoms with E-state index in [-0.39, 0.29) is 56.9 Å². The minimum absolute atomic E-state index is 0.0155. The smallest absolute Gasteiger partial charge is 0.326 e. The molecule has 1 aliphatic carbocycles. The lowest BCUT2D eigenvalue weighted by Crippen LogP contribution is -2.60. The fourth-order valence-electron chi connectivity index (χ4n) is 7.50. The first kappa shape index (κ1) is 46.8. The minimum atomic E-state index is -1.69. The average Bonchev–Trinajstić information content (AvgIpc) is 3.65. The van der Waals surface area contributed by atoms with Gasteiger partial charge in [-0.2, -0.15) is 0 Å². The van der Waals surface area contributed by atoms with Crippen molar-refractivity contribution in [1.82, 2.24) is 31.5 Å². The predicted octanol–water partition coefficient (Wildman–Crippen LogP) is 0.505. The lowest BCUT2D eigenvalue weighted by Gasteiger charge is -2.31. The summed E-state index contributed by atoms with van der Waals surface area (Å²) in [4.78, 5) is 117. The van der Waals surface area contributed by atoms with Crippen LogP contribution in [0.1, 0.15) is 103 Å². The summed E-state index contributed by atoms with van der Waals surface area (Å²) in [5.41, 5.74) is 5.95. The summed E-state index contributed by atoms with van der Waals surface area (Å²) < 4.78 is 0. The molecule has 9 N–H and O–H groups in total. The highest BCUT2D eigenvalue weighted by molar-refractivity contribution is 5.98. The average molecular weight is 814 g/mol. The second-order valence-electron chi connectivity index (χ2n) is 15.7. The van der Waals surface area contributed by atoms with E-state index in [2.05, 4.69) is 26.6 Å². The van der Waals surface area contributed by atoms with E-state index in [1.165, 1.54) is 11.8 Å². The number of amides is 7. The zero-order valence-electron chi connectivity index (χ0n) is 33.5. The van der Waals surface area contributed by atoms with Crippen molar-refractivity contribution in [2.75, 3.05) is 6.54 Å². The van der Waals surface area contributed by atoms with E-state index in [0.29, 0.717) is 12.0 Å². The van der Waals surface area contributed by atoms with Crippen molar-refractivity contribution >= 4 is 53.3 Å². The highest BCUT2D eigenvalue weighted by Gasteiger charge is 2.40. The molecule has 18 nitrogen and oxygen atoms in total. The number of carbonyl (C=O) groups excluding carboxylic acids is 7. The lowest BCUT2D eigenvalue weighted by molar-refractivity contribution is -0.145. The molecular weight excluding hydrogens is 754 g/mol. The SMILES string of the molecule is CC(=O)N[C@@H](CCC(N)=O)C(=O)N[C@@H](CC1CCCCC1)C(=O)N[C@@H](CC(=O)O)C(=O)N[C@@H](CC(C)C)C(=O)N1CCC[C@H]1C(=O)N[C@@H](Cc1ccccc1)C(=O)O. The van der Waals surface area contributed by atoms with Crippen molar-refractivity contribution in [3.63, 3.8) is 0 Å². The molecule has 0 spiro atoms. The Labute approximate surface area is 338 Å². The Balaban J connectivity index is 1.81. The molecule has 1 saturated carbocycles. The van der Waals surface area contributed by atoms with Gasteiger partial charge in [0.25, 0.3) is 0 Å². The maximum absolute atomic E-state index is 14.1. The summed E-state index contributed by atoms with van der Waals surface area (Å²) in [6.45, 7) is 4.93. The molecule has 0 bridgehead atoms. The lowest BCUT2D eigenvalue weighted by atomic mass is 9.84. The van der Waals surface area contributed by atoms with E-state index in [0.717, 1.165) is 32.1 Å². The van der Waals surface area contributed by atoms with Gasteiger partial charge in [-0.25, -0.2) is 4.79 Å². The zero-order valence-corrected chi connectivity index (χ0v) is 33.5. The van der Waals surface area contributed by atoms with Crippen molar-refractivity contribution in [3.05, 3.63) is 35.9 Å². The molecule has 2 fully saturated rings. The Hall–Kier alpha value is -5.55. The maximum Gasteiger partial charge on any atom is 0.326 e. The number of nitrogens with one attached hydrogen (secondary N) is 5. The van der Waals surface area contributed by atoms with E-state index in [9.17, 15) is 53.4 Å². The third-order valence-electron chi connectivity index (χ3n) is 10.4. The second kappa shape index (κ2) is 23.0. The van der Waals surface area contributed by atoms with Crippen molar-refractivity contribution in [1.29, 1.82) is 0 Å². The number of likely N-dealkylation sites (tertiary alicyclic amines) is 1. The molecule has 0 unspecified atom stereocenters. The maximum atomic E-state index is 14.1. The van der Waals surface area contributed by atoms with Gasteiger partial charge in [-0.3, -0.25) is 38.4 Å². The number of nitrogens with two attached hydrogens (primary N) is 1. The summed E-state index contributed by atoms with van der Waals surface area (Å²) >= 11 is 0. The molecule has 1 saturated heterocycles. The van der Waals surface area contributed by atoms with Crippen LogP contribution in [-0.4, -0.2) is 111 Å². The highest BCUT2D eigenvalue weighted by Crippen LogP contribution is 2.28. The molecule has 1 aromatic carbocycles. The molecule has 320 valence electrons. The van der Waals surface area contributed by atoms with Crippen LogP contribution in [0.4, 0.5) is 0 Å². The highest BCUT2D eigenvalue weighted by atomic mass is 16.4. The van der Waals surface area contributed by atoms with Crippen molar-refractivity contribution < 1.29 is 53.4 Å². The number of benzene rings is 1. The van der Waals surface area contributed by atoms with Crippen LogP contribution in [0.2, 0.25) is 0 Å². The third kappa shape index (κ3) is 15.4. The van der Waals surface area contributed by atoms with Crippen LogP contribution < -0.4 is 32.3 Å². The van der Waals surface area contributed by atoms with E-state index in [1.54, 1.807) is 44.2 Å². The summed E-state index contributed by atoms with van der Waals surface area (Å²) in [6.07, 6.45) is 4.06. The Bertz CT molecular complexity index is 1630. The Morgan fingerprint density at radius 1 is 0.741 bits per heavy atom. The van der Waals surface area contributed by atoms with Gasteiger partial charge >= 0.3 is 11.9 Å². The number of nitrogens with zero attached hydrogens (tertiary/aromatic N) is 1. The number of carboxylic acid groups (broad SMARTS) is 2. The molecule has 1 heterocycles. The molecule has 7 amide bonds. The van der Waals surface area contributed by atoms with Gasteiger partial charge in [0.15, 0.2) is 0 Å². The summed E-state index contributed by atoms with van der Waals surface area (Å²) in [5, 5.41) is 32.3. The van der Waals surface area contributed by atoms with E-state index in [1.807, 2.05) is 0 Å². The van der Waals surface area contributed by atoms with Crippen LogP contribution in [0.25, 0.3) is 0 Å². The molecule has 0 radical (unpaired) electrons. The quantitative estimate of drug-likeness (QED) is 0.0798. The first-order chi connectivity index (χ1) is 27.4. The van der Waals surface area contributed by atoms with E-state index in [4.69, 9.17) is 5.73 Å². The number of carbonyl (C=O) groups is 9. The first-order valence-electron chi connectivity index (χ1n) is 20.0. The number of rotatable bonds is 22. The molecule has 3 rings (SSSR count). The number of hydrogen-bond donors (Lipinski definition) is 8. The van der Waals surface area contributed by atoms with Gasteiger partial charge in [0.2, 0.25) is 41.4 Å². The monoisotopic (exact) mass is 813 g/mol. The summed E-state index contributed by atoms with van der Waals surface area (Å²) in [5.74, 6) is -8.00. The van der Waals surface area contributed by atoms with Gasteiger partial charge in [0.05, 0.1) is 6.42 Å². The van der Waals surface area contributed by atoms with Crippen LogP contribution >= 0.6 is 0 Å². The molecule has 18 heteroatoms. The zero-order chi connectivity index (χ0) is 42.9. The van der Waals surface area contributed by atoms with Gasteiger partial charge in [-0.05, 0) is 49.5 Å². The predicted molar refractivity (Wildman–Crippen MR) is 209 cm³/mol. The van der Waals surface area contributed by atoms with Gasteiger partial charge in [-0.1, -0.05) is 76.3 Å². The van der Waals surface area contributed by atoms with Crippen LogP contribution in [-0.2, 0) is 49.6 Å². The topological polar surface area (TPSA) is 284 Å². The molecule has 6 atom stereocenters. The van der Waals surface area contributed by atoms with Crippen molar-refractivity contribution in [2.24, 2.45) is 17.6 Å². The number of primary amides is 1.